The Hall–Kier alpha value is -1.35. The predicted octanol–water partition coefficient (Wildman–Crippen LogP) is 3.17. The number of hydrogen-bond acceptors (Lipinski definition) is 2. The van der Waals surface area contributed by atoms with E-state index in [9.17, 15) is 4.79 Å². The number of carbonyl (C=O) groups excluding carboxylic acids is 1. The third-order valence-corrected chi connectivity index (χ3v) is 5.62. The summed E-state index contributed by atoms with van der Waals surface area (Å²) in [7, 11) is 0. The second kappa shape index (κ2) is 6.04. The third kappa shape index (κ3) is 2.79. The SMILES string of the molecule is O=C(c1ccccc1C1CCC1)N(CC1CC1)[C@H]1CCNC1. The lowest BCUT2D eigenvalue weighted by Gasteiger charge is -2.32. The molecule has 1 saturated heterocycles. The van der Waals surface area contributed by atoms with Crippen molar-refractivity contribution in [3.8, 4) is 0 Å². The quantitative estimate of drug-likeness (QED) is 0.905. The van der Waals surface area contributed by atoms with Crippen molar-refractivity contribution in [2.75, 3.05) is 19.6 Å². The summed E-state index contributed by atoms with van der Waals surface area (Å²) >= 11 is 0. The number of carbonyl (C=O) groups is 1. The Kier molecular flexibility index (Phi) is 3.91. The molecule has 3 aliphatic rings. The van der Waals surface area contributed by atoms with Crippen molar-refractivity contribution in [2.24, 2.45) is 5.92 Å². The molecule has 22 heavy (non-hydrogen) atoms. The van der Waals surface area contributed by atoms with Crippen molar-refractivity contribution in [3.63, 3.8) is 0 Å². The summed E-state index contributed by atoms with van der Waals surface area (Å²) < 4.78 is 0. The largest absolute Gasteiger partial charge is 0.334 e. The summed E-state index contributed by atoms with van der Waals surface area (Å²) in [4.78, 5) is 15.4. The molecule has 1 N–H and O–H groups in total. The molecular formula is C19H26N2O. The highest BCUT2D eigenvalue weighted by Gasteiger charge is 2.34. The fraction of sp³-hybridized carbons (Fsp3) is 0.632. The van der Waals surface area contributed by atoms with Crippen LogP contribution in [0.25, 0.3) is 0 Å². The first-order chi connectivity index (χ1) is 10.8. The molecule has 4 rings (SSSR count). The van der Waals surface area contributed by atoms with Crippen molar-refractivity contribution >= 4 is 5.91 Å². The summed E-state index contributed by atoms with van der Waals surface area (Å²) in [5.41, 5.74) is 2.27. The van der Waals surface area contributed by atoms with Gasteiger partial charge in [-0.3, -0.25) is 4.79 Å². The van der Waals surface area contributed by atoms with E-state index >= 15 is 0 Å². The number of rotatable bonds is 5. The second-order valence-electron chi connectivity index (χ2n) is 7.26. The fourth-order valence-electron chi connectivity index (χ4n) is 3.80. The van der Waals surface area contributed by atoms with Gasteiger partial charge in [-0.15, -0.1) is 0 Å². The lowest BCUT2D eigenvalue weighted by atomic mass is 9.78. The Morgan fingerprint density at radius 1 is 1.14 bits per heavy atom. The topological polar surface area (TPSA) is 32.3 Å². The normalized spacial score (nSPS) is 25.0. The maximum atomic E-state index is 13.3. The van der Waals surface area contributed by atoms with Gasteiger partial charge in [-0.25, -0.2) is 0 Å². The predicted molar refractivity (Wildman–Crippen MR) is 88.1 cm³/mol. The van der Waals surface area contributed by atoms with Crippen LogP contribution >= 0.6 is 0 Å². The number of benzene rings is 1. The van der Waals surface area contributed by atoms with Gasteiger partial charge in [-0.2, -0.15) is 0 Å². The average Bonchev–Trinajstić information content (AvgIpc) is 3.15. The van der Waals surface area contributed by atoms with Gasteiger partial charge >= 0.3 is 0 Å². The van der Waals surface area contributed by atoms with Crippen LogP contribution in [-0.4, -0.2) is 36.5 Å². The van der Waals surface area contributed by atoms with Crippen LogP contribution in [0.5, 0.6) is 0 Å². The first kappa shape index (κ1) is 14.3. The van der Waals surface area contributed by atoms with E-state index in [2.05, 4.69) is 28.4 Å². The summed E-state index contributed by atoms with van der Waals surface area (Å²) in [5.74, 6) is 1.65. The Bertz CT molecular complexity index is 542. The van der Waals surface area contributed by atoms with E-state index in [0.717, 1.165) is 37.5 Å². The Balaban J connectivity index is 1.59. The van der Waals surface area contributed by atoms with Gasteiger partial charge in [0.25, 0.3) is 5.91 Å². The molecule has 0 spiro atoms. The summed E-state index contributed by atoms with van der Waals surface area (Å²) in [6.45, 7) is 2.97. The molecule has 3 nitrogen and oxygen atoms in total. The van der Waals surface area contributed by atoms with Crippen LogP contribution in [0.3, 0.4) is 0 Å². The smallest absolute Gasteiger partial charge is 0.254 e. The van der Waals surface area contributed by atoms with Crippen molar-refractivity contribution in [1.82, 2.24) is 10.2 Å². The zero-order chi connectivity index (χ0) is 14.9. The van der Waals surface area contributed by atoms with Gasteiger partial charge < -0.3 is 10.2 Å². The Morgan fingerprint density at radius 3 is 2.59 bits per heavy atom. The Morgan fingerprint density at radius 2 is 1.95 bits per heavy atom. The summed E-state index contributed by atoms with van der Waals surface area (Å²) in [6.07, 6.45) is 7.51. The van der Waals surface area contributed by atoms with Crippen LogP contribution in [0.15, 0.2) is 24.3 Å². The average molecular weight is 298 g/mol. The first-order valence-corrected chi connectivity index (χ1v) is 8.93. The molecule has 1 aliphatic heterocycles. The van der Waals surface area contributed by atoms with Crippen LogP contribution < -0.4 is 5.32 Å². The molecule has 1 atom stereocenters. The number of nitrogens with zero attached hydrogens (tertiary/aromatic N) is 1. The van der Waals surface area contributed by atoms with E-state index in [1.54, 1.807) is 0 Å². The zero-order valence-corrected chi connectivity index (χ0v) is 13.3. The van der Waals surface area contributed by atoms with Crippen LogP contribution in [0, 0.1) is 5.92 Å². The molecule has 1 aromatic carbocycles. The van der Waals surface area contributed by atoms with Gasteiger partial charge in [0.05, 0.1) is 0 Å². The monoisotopic (exact) mass is 298 g/mol. The highest BCUT2D eigenvalue weighted by Crippen LogP contribution is 2.39. The molecule has 0 bridgehead atoms. The molecular weight excluding hydrogens is 272 g/mol. The second-order valence-corrected chi connectivity index (χ2v) is 7.26. The summed E-state index contributed by atoms with van der Waals surface area (Å²) in [6, 6.07) is 8.74. The van der Waals surface area contributed by atoms with E-state index in [-0.39, 0.29) is 5.91 Å². The van der Waals surface area contributed by atoms with Gasteiger partial charge in [0.15, 0.2) is 0 Å². The molecule has 1 heterocycles. The van der Waals surface area contributed by atoms with Crippen molar-refractivity contribution in [1.29, 1.82) is 0 Å². The lowest BCUT2D eigenvalue weighted by molar-refractivity contribution is 0.0679. The zero-order valence-electron chi connectivity index (χ0n) is 13.3. The molecule has 0 unspecified atom stereocenters. The molecule has 0 radical (unpaired) electrons. The molecule has 0 aromatic heterocycles. The first-order valence-electron chi connectivity index (χ1n) is 8.93. The fourth-order valence-corrected chi connectivity index (χ4v) is 3.80. The van der Waals surface area contributed by atoms with Gasteiger partial charge in [0, 0.05) is 24.7 Å². The van der Waals surface area contributed by atoms with E-state index in [1.165, 1.54) is 37.7 Å². The number of nitrogens with one attached hydrogen (secondary N) is 1. The number of amides is 1. The molecule has 1 aromatic rings. The van der Waals surface area contributed by atoms with Gasteiger partial charge in [0.1, 0.15) is 0 Å². The minimum atomic E-state index is 0.281. The van der Waals surface area contributed by atoms with Gasteiger partial charge in [-0.1, -0.05) is 24.6 Å². The molecule has 3 fully saturated rings. The van der Waals surface area contributed by atoms with E-state index in [0.29, 0.717) is 12.0 Å². The van der Waals surface area contributed by atoms with Crippen LogP contribution in [0.4, 0.5) is 0 Å². The standard InChI is InChI=1S/C19H26N2O/c22-19(18-7-2-1-6-17(18)15-4-3-5-15)21(13-14-8-9-14)16-10-11-20-12-16/h1-2,6-7,14-16,20H,3-5,8-13H2/t16-/m0/s1. The van der Waals surface area contributed by atoms with Crippen molar-refractivity contribution in [2.45, 2.75) is 50.5 Å². The highest BCUT2D eigenvalue weighted by atomic mass is 16.2. The van der Waals surface area contributed by atoms with Crippen molar-refractivity contribution < 1.29 is 4.79 Å². The molecule has 3 heteroatoms. The lowest BCUT2D eigenvalue weighted by Crippen LogP contribution is -2.43. The molecule has 1 amide bonds. The molecule has 2 aliphatic carbocycles. The maximum absolute atomic E-state index is 13.3. The highest BCUT2D eigenvalue weighted by molar-refractivity contribution is 5.96. The molecule has 2 saturated carbocycles. The van der Waals surface area contributed by atoms with E-state index in [4.69, 9.17) is 0 Å². The number of hydrogen-bond donors (Lipinski definition) is 1. The van der Waals surface area contributed by atoms with Gasteiger partial charge in [0.2, 0.25) is 0 Å². The third-order valence-electron chi connectivity index (χ3n) is 5.62. The summed E-state index contributed by atoms with van der Waals surface area (Å²) in [5, 5.41) is 3.42. The van der Waals surface area contributed by atoms with Crippen LogP contribution in [0.2, 0.25) is 0 Å². The van der Waals surface area contributed by atoms with Crippen LogP contribution in [-0.2, 0) is 0 Å². The van der Waals surface area contributed by atoms with Gasteiger partial charge in [-0.05, 0) is 62.1 Å². The maximum Gasteiger partial charge on any atom is 0.254 e. The van der Waals surface area contributed by atoms with Crippen LogP contribution in [0.1, 0.15) is 60.4 Å². The van der Waals surface area contributed by atoms with Crippen molar-refractivity contribution in [3.05, 3.63) is 35.4 Å². The minimum absolute atomic E-state index is 0.281. The van der Waals surface area contributed by atoms with E-state index < -0.39 is 0 Å². The minimum Gasteiger partial charge on any atom is -0.334 e. The molecule has 118 valence electrons. The van der Waals surface area contributed by atoms with E-state index in [1.807, 2.05) is 6.07 Å². The Labute approximate surface area is 133 Å².